The summed E-state index contributed by atoms with van der Waals surface area (Å²) in [4.78, 5) is 32.7. The number of pyridine rings is 1. The van der Waals surface area contributed by atoms with Gasteiger partial charge in [0.05, 0.1) is 31.0 Å². The first-order valence-corrected chi connectivity index (χ1v) is 9.29. The molecule has 1 N–H and O–H groups in total. The molecule has 0 aliphatic carbocycles. The van der Waals surface area contributed by atoms with Crippen molar-refractivity contribution < 1.29 is 18.7 Å². The smallest absolute Gasteiger partial charge is 0.414 e. The van der Waals surface area contributed by atoms with Gasteiger partial charge in [-0.25, -0.2) is 18.9 Å². The summed E-state index contributed by atoms with van der Waals surface area (Å²) < 4.78 is 21.6. The van der Waals surface area contributed by atoms with E-state index in [1.807, 2.05) is 0 Å². The molecule has 0 saturated carbocycles. The van der Waals surface area contributed by atoms with Crippen LogP contribution in [0, 0.1) is 5.82 Å². The molecule has 2 amide bonds. The minimum atomic E-state index is -0.573. The third-order valence-electron chi connectivity index (χ3n) is 4.64. The second-order valence-corrected chi connectivity index (χ2v) is 6.85. The van der Waals surface area contributed by atoms with Gasteiger partial charge in [-0.05, 0) is 24.3 Å². The summed E-state index contributed by atoms with van der Waals surface area (Å²) in [5, 5.41) is 6.64. The van der Waals surface area contributed by atoms with Crippen molar-refractivity contribution in [3.63, 3.8) is 0 Å². The Bertz CT molecular complexity index is 1050. The van der Waals surface area contributed by atoms with E-state index in [9.17, 15) is 14.0 Å². The number of amides is 2. The summed E-state index contributed by atoms with van der Waals surface area (Å²) in [5.74, 6) is -0.683. The first kappa shape index (κ1) is 19.5. The van der Waals surface area contributed by atoms with Crippen LogP contribution in [0.5, 0.6) is 0 Å². The van der Waals surface area contributed by atoms with Gasteiger partial charge in [0.2, 0.25) is 5.91 Å². The Morgan fingerprint density at radius 3 is 2.87 bits per heavy atom. The minimum Gasteiger partial charge on any atom is -0.442 e. The fourth-order valence-electron chi connectivity index (χ4n) is 3.16. The van der Waals surface area contributed by atoms with Crippen molar-refractivity contribution in [1.29, 1.82) is 0 Å². The Kier molecular flexibility index (Phi) is 5.38. The van der Waals surface area contributed by atoms with E-state index >= 15 is 0 Å². The molecule has 0 spiro atoms. The maximum atomic E-state index is 14.8. The molecule has 1 fully saturated rings. The normalized spacial score (nSPS) is 15.9. The van der Waals surface area contributed by atoms with Gasteiger partial charge >= 0.3 is 6.09 Å². The van der Waals surface area contributed by atoms with Gasteiger partial charge in [-0.3, -0.25) is 14.7 Å². The summed E-state index contributed by atoms with van der Waals surface area (Å²) in [5.41, 5.74) is 2.16. The lowest BCUT2D eigenvalue weighted by atomic mass is 10.1. The van der Waals surface area contributed by atoms with Crippen LogP contribution < -0.4 is 10.2 Å². The van der Waals surface area contributed by atoms with Gasteiger partial charge in [-0.2, -0.15) is 5.10 Å². The monoisotopic (exact) mass is 410 g/mol. The summed E-state index contributed by atoms with van der Waals surface area (Å²) in [6.45, 7) is 2.30. The molecule has 0 bridgehead atoms. The van der Waals surface area contributed by atoms with Crippen LogP contribution in [0.3, 0.4) is 0 Å². The fourth-order valence-corrected chi connectivity index (χ4v) is 3.16. The zero-order valence-electron chi connectivity index (χ0n) is 16.2. The lowest BCUT2D eigenvalue weighted by Gasteiger charge is -2.14. The van der Waals surface area contributed by atoms with E-state index in [-0.39, 0.29) is 19.0 Å². The van der Waals surface area contributed by atoms with Crippen LogP contribution in [-0.4, -0.2) is 50.9 Å². The molecule has 4 rings (SSSR count). The van der Waals surface area contributed by atoms with E-state index in [2.05, 4.69) is 20.4 Å². The second kappa shape index (κ2) is 8.27. The van der Waals surface area contributed by atoms with E-state index in [4.69, 9.17) is 4.74 Å². The average molecular weight is 410 g/mol. The van der Waals surface area contributed by atoms with Gasteiger partial charge in [-0.15, -0.1) is 0 Å². The van der Waals surface area contributed by atoms with Gasteiger partial charge in [-0.1, -0.05) is 6.07 Å². The Hall–Kier alpha value is -3.82. The van der Waals surface area contributed by atoms with Crippen molar-refractivity contribution >= 4 is 17.7 Å². The molecule has 1 atom stereocenters. The molecule has 3 aromatic rings. The molecule has 0 radical (unpaired) electrons. The van der Waals surface area contributed by atoms with Crippen molar-refractivity contribution in [1.82, 2.24) is 25.1 Å². The number of ether oxygens (including phenoxy) is 1. The van der Waals surface area contributed by atoms with Gasteiger partial charge in [0.15, 0.2) is 0 Å². The highest BCUT2D eigenvalue weighted by atomic mass is 19.1. The van der Waals surface area contributed by atoms with Crippen LogP contribution in [0.25, 0.3) is 11.1 Å². The molecule has 1 saturated heterocycles. The molecule has 9 nitrogen and oxygen atoms in total. The number of nitrogens with one attached hydrogen (secondary N) is 1. The summed E-state index contributed by atoms with van der Waals surface area (Å²) in [6, 6.07) is 8.14. The topological polar surface area (TPSA) is 102 Å². The van der Waals surface area contributed by atoms with Crippen LogP contribution in [0.15, 0.2) is 49.2 Å². The molecule has 3 heterocycles. The molecular formula is C20H19FN6O3. The van der Waals surface area contributed by atoms with Crippen LogP contribution in [0.1, 0.15) is 12.6 Å². The van der Waals surface area contributed by atoms with Gasteiger partial charge in [0, 0.05) is 24.2 Å². The first-order valence-electron chi connectivity index (χ1n) is 9.29. The van der Waals surface area contributed by atoms with Gasteiger partial charge < -0.3 is 10.1 Å². The van der Waals surface area contributed by atoms with Crippen molar-refractivity contribution in [3.05, 3.63) is 60.7 Å². The number of benzene rings is 1. The quantitative estimate of drug-likeness (QED) is 0.667. The van der Waals surface area contributed by atoms with Crippen LogP contribution in [0.4, 0.5) is 14.9 Å². The predicted molar refractivity (Wildman–Crippen MR) is 105 cm³/mol. The highest BCUT2D eigenvalue weighted by molar-refractivity contribution is 5.90. The van der Waals surface area contributed by atoms with Crippen molar-refractivity contribution in [3.8, 4) is 11.1 Å². The van der Waals surface area contributed by atoms with E-state index in [1.165, 1.54) is 24.2 Å². The van der Waals surface area contributed by atoms with E-state index in [0.717, 1.165) is 5.69 Å². The van der Waals surface area contributed by atoms with Crippen molar-refractivity contribution in [2.75, 3.05) is 18.0 Å². The number of carbonyl (C=O) groups is 2. The number of cyclic esters (lactones) is 1. The van der Waals surface area contributed by atoms with Crippen molar-refractivity contribution in [2.45, 2.75) is 19.6 Å². The second-order valence-electron chi connectivity index (χ2n) is 6.85. The summed E-state index contributed by atoms with van der Waals surface area (Å²) in [6.07, 6.45) is 3.59. The molecule has 1 aliphatic heterocycles. The number of aromatic nitrogens is 4. The van der Waals surface area contributed by atoms with Gasteiger partial charge in [0.1, 0.15) is 24.6 Å². The maximum absolute atomic E-state index is 14.8. The molecule has 154 valence electrons. The van der Waals surface area contributed by atoms with Crippen LogP contribution >= 0.6 is 0 Å². The standard InChI is InChI=1S/C20H19FN6O3/c1-13(28)23-8-17-10-27(20(29)30-17)16-4-5-18(19(21)6-16)14-2-3-15(24-7-14)9-26-12-22-11-25-26/h2-7,11-12,17H,8-10H2,1H3,(H,23,28)/t17-/m0/s1. The molecule has 30 heavy (non-hydrogen) atoms. The van der Waals surface area contributed by atoms with E-state index in [0.29, 0.717) is 23.4 Å². The number of anilines is 1. The lowest BCUT2D eigenvalue weighted by molar-refractivity contribution is -0.119. The molecule has 0 unspecified atom stereocenters. The lowest BCUT2D eigenvalue weighted by Crippen LogP contribution is -2.33. The Morgan fingerprint density at radius 2 is 2.20 bits per heavy atom. The highest BCUT2D eigenvalue weighted by Gasteiger charge is 2.32. The zero-order chi connectivity index (χ0) is 21.1. The maximum Gasteiger partial charge on any atom is 0.414 e. The number of rotatable bonds is 6. The minimum absolute atomic E-state index is 0.208. The Labute approximate surface area is 171 Å². The molecule has 10 heteroatoms. The molecule has 1 aromatic carbocycles. The zero-order valence-corrected chi connectivity index (χ0v) is 16.2. The third-order valence-corrected chi connectivity index (χ3v) is 4.64. The number of hydrogen-bond donors (Lipinski definition) is 1. The number of nitrogens with zero attached hydrogens (tertiary/aromatic N) is 5. The summed E-state index contributed by atoms with van der Waals surface area (Å²) in [7, 11) is 0. The van der Waals surface area contributed by atoms with E-state index < -0.39 is 18.0 Å². The molecule has 2 aromatic heterocycles. The third kappa shape index (κ3) is 4.27. The van der Waals surface area contributed by atoms with Crippen LogP contribution in [-0.2, 0) is 16.1 Å². The number of halogens is 1. The largest absolute Gasteiger partial charge is 0.442 e. The number of carbonyl (C=O) groups excluding carboxylic acids is 2. The highest BCUT2D eigenvalue weighted by Crippen LogP contribution is 2.29. The first-order chi connectivity index (χ1) is 14.5. The Balaban J connectivity index is 1.47. The summed E-state index contributed by atoms with van der Waals surface area (Å²) >= 11 is 0. The van der Waals surface area contributed by atoms with E-state index in [1.54, 1.807) is 41.5 Å². The van der Waals surface area contributed by atoms with Gasteiger partial charge in [0.25, 0.3) is 0 Å². The molecular weight excluding hydrogens is 391 g/mol. The predicted octanol–water partition coefficient (Wildman–Crippen LogP) is 1.99. The number of hydrogen-bond acceptors (Lipinski definition) is 6. The van der Waals surface area contributed by atoms with Crippen LogP contribution in [0.2, 0.25) is 0 Å². The Morgan fingerprint density at radius 1 is 1.33 bits per heavy atom. The average Bonchev–Trinajstić information content (AvgIpc) is 3.36. The fraction of sp³-hybridized carbons (Fsp3) is 0.250. The molecule has 1 aliphatic rings. The SMILES string of the molecule is CC(=O)NC[C@H]1CN(c2ccc(-c3ccc(Cn4cncn4)nc3)c(F)c2)C(=O)O1. The van der Waals surface area contributed by atoms with Crippen molar-refractivity contribution in [2.24, 2.45) is 0 Å².